The molecule has 1 saturated heterocycles. The number of rotatable bonds is 3. The standard InChI is InChI=1S/C13H22N4O/c14-8-11-9-17(16-15-11)10-12-4-7-13(18-12)5-2-1-3-6-13/h9,12H,1-8,10,14H2. The van der Waals surface area contributed by atoms with Crippen molar-refractivity contribution in [1.29, 1.82) is 0 Å². The highest BCUT2D eigenvalue weighted by Gasteiger charge is 2.40. The van der Waals surface area contributed by atoms with Gasteiger partial charge in [-0.15, -0.1) is 5.10 Å². The summed E-state index contributed by atoms with van der Waals surface area (Å²) in [6.45, 7) is 1.27. The van der Waals surface area contributed by atoms with Gasteiger partial charge in [0.2, 0.25) is 0 Å². The quantitative estimate of drug-likeness (QED) is 0.885. The van der Waals surface area contributed by atoms with Crippen LogP contribution in [0.2, 0.25) is 0 Å². The summed E-state index contributed by atoms with van der Waals surface area (Å²) in [6.07, 6.45) is 11.1. The van der Waals surface area contributed by atoms with Crippen LogP contribution in [0.25, 0.3) is 0 Å². The Balaban J connectivity index is 1.58. The van der Waals surface area contributed by atoms with Gasteiger partial charge >= 0.3 is 0 Å². The van der Waals surface area contributed by atoms with Gasteiger partial charge in [-0.25, -0.2) is 4.68 Å². The van der Waals surface area contributed by atoms with E-state index in [1.807, 2.05) is 10.9 Å². The monoisotopic (exact) mass is 250 g/mol. The Morgan fingerprint density at radius 2 is 2.17 bits per heavy atom. The molecular formula is C13H22N4O. The van der Waals surface area contributed by atoms with Crippen molar-refractivity contribution >= 4 is 0 Å². The van der Waals surface area contributed by atoms with E-state index in [1.165, 1.54) is 38.5 Å². The molecule has 1 aromatic heterocycles. The molecule has 1 unspecified atom stereocenters. The first-order chi connectivity index (χ1) is 8.80. The molecule has 18 heavy (non-hydrogen) atoms. The van der Waals surface area contributed by atoms with Crippen molar-refractivity contribution in [2.45, 2.75) is 69.7 Å². The third-order valence-corrected chi connectivity index (χ3v) is 4.29. The fourth-order valence-electron chi connectivity index (χ4n) is 3.32. The van der Waals surface area contributed by atoms with Crippen LogP contribution in [0.15, 0.2) is 6.20 Å². The molecule has 1 aromatic rings. The van der Waals surface area contributed by atoms with Crippen molar-refractivity contribution in [3.8, 4) is 0 Å². The van der Waals surface area contributed by atoms with Crippen molar-refractivity contribution < 1.29 is 4.74 Å². The van der Waals surface area contributed by atoms with Crippen molar-refractivity contribution in [2.24, 2.45) is 5.73 Å². The van der Waals surface area contributed by atoms with Crippen molar-refractivity contribution in [3.05, 3.63) is 11.9 Å². The van der Waals surface area contributed by atoms with Gasteiger partial charge in [-0.1, -0.05) is 24.5 Å². The fraction of sp³-hybridized carbons (Fsp3) is 0.846. The lowest BCUT2D eigenvalue weighted by molar-refractivity contribution is -0.0689. The number of nitrogens with two attached hydrogens (primary N) is 1. The zero-order valence-electron chi connectivity index (χ0n) is 10.8. The van der Waals surface area contributed by atoms with Crippen molar-refractivity contribution in [3.63, 3.8) is 0 Å². The second kappa shape index (κ2) is 4.97. The molecule has 2 heterocycles. The Bertz CT molecular complexity index is 397. The maximum atomic E-state index is 6.32. The predicted octanol–water partition coefficient (Wildman–Crippen LogP) is 1.62. The third-order valence-electron chi connectivity index (χ3n) is 4.29. The third kappa shape index (κ3) is 2.42. The summed E-state index contributed by atoms with van der Waals surface area (Å²) in [5.41, 5.74) is 6.58. The summed E-state index contributed by atoms with van der Waals surface area (Å²) in [6, 6.07) is 0. The maximum Gasteiger partial charge on any atom is 0.0962 e. The molecule has 0 amide bonds. The smallest absolute Gasteiger partial charge is 0.0962 e. The molecule has 2 fully saturated rings. The minimum Gasteiger partial charge on any atom is -0.370 e. The number of nitrogens with zero attached hydrogens (tertiary/aromatic N) is 3. The summed E-state index contributed by atoms with van der Waals surface area (Å²) >= 11 is 0. The number of hydrogen-bond donors (Lipinski definition) is 1. The summed E-state index contributed by atoms with van der Waals surface area (Å²) in [5.74, 6) is 0. The Labute approximate surface area is 108 Å². The van der Waals surface area contributed by atoms with E-state index < -0.39 is 0 Å². The Morgan fingerprint density at radius 1 is 1.33 bits per heavy atom. The van der Waals surface area contributed by atoms with Crippen LogP contribution in [0.1, 0.15) is 50.6 Å². The first-order valence-electron chi connectivity index (χ1n) is 7.07. The van der Waals surface area contributed by atoms with Crippen LogP contribution in [0.4, 0.5) is 0 Å². The fourth-order valence-corrected chi connectivity index (χ4v) is 3.32. The minimum absolute atomic E-state index is 0.195. The van der Waals surface area contributed by atoms with Gasteiger partial charge in [0.05, 0.1) is 23.9 Å². The normalized spacial score (nSPS) is 26.8. The van der Waals surface area contributed by atoms with Gasteiger partial charge in [0.25, 0.3) is 0 Å². The average molecular weight is 250 g/mol. The summed E-state index contributed by atoms with van der Waals surface area (Å²) in [4.78, 5) is 0. The van der Waals surface area contributed by atoms with Crippen molar-refractivity contribution in [1.82, 2.24) is 15.0 Å². The molecule has 2 aliphatic rings. The first-order valence-corrected chi connectivity index (χ1v) is 7.07. The Hall–Kier alpha value is -0.940. The van der Waals surface area contributed by atoms with Crippen LogP contribution in [0.3, 0.4) is 0 Å². The lowest BCUT2D eigenvalue weighted by Gasteiger charge is -2.33. The van der Waals surface area contributed by atoms with Crippen LogP contribution < -0.4 is 5.73 Å². The van der Waals surface area contributed by atoms with Crippen LogP contribution in [-0.2, 0) is 17.8 Å². The SMILES string of the molecule is NCc1cn(CC2CCC3(CCCCC3)O2)nn1. The van der Waals surface area contributed by atoms with Crippen molar-refractivity contribution in [2.75, 3.05) is 0 Å². The van der Waals surface area contributed by atoms with Crippen LogP contribution >= 0.6 is 0 Å². The number of ether oxygens (including phenoxy) is 1. The molecule has 100 valence electrons. The average Bonchev–Trinajstić information content (AvgIpc) is 2.99. The topological polar surface area (TPSA) is 66.0 Å². The number of aromatic nitrogens is 3. The van der Waals surface area contributed by atoms with E-state index in [0.717, 1.165) is 18.7 Å². The molecule has 5 nitrogen and oxygen atoms in total. The summed E-state index contributed by atoms with van der Waals surface area (Å²) in [5, 5.41) is 8.10. The van der Waals surface area contributed by atoms with E-state index in [1.54, 1.807) is 0 Å². The molecule has 5 heteroatoms. The summed E-state index contributed by atoms with van der Waals surface area (Å²) in [7, 11) is 0. The Morgan fingerprint density at radius 3 is 2.89 bits per heavy atom. The molecule has 0 aromatic carbocycles. The highest BCUT2D eigenvalue weighted by atomic mass is 16.5. The highest BCUT2D eigenvalue weighted by molar-refractivity contribution is 4.93. The molecule has 0 radical (unpaired) electrons. The van der Waals surface area contributed by atoms with E-state index in [9.17, 15) is 0 Å². The maximum absolute atomic E-state index is 6.32. The molecule has 1 aliphatic heterocycles. The van der Waals surface area contributed by atoms with Crippen LogP contribution in [0.5, 0.6) is 0 Å². The van der Waals surface area contributed by atoms with Gasteiger partial charge in [-0.2, -0.15) is 0 Å². The minimum atomic E-state index is 0.195. The van der Waals surface area contributed by atoms with E-state index >= 15 is 0 Å². The zero-order valence-corrected chi connectivity index (χ0v) is 10.8. The van der Waals surface area contributed by atoms with Gasteiger partial charge in [0.1, 0.15) is 0 Å². The van der Waals surface area contributed by atoms with E-state index in [4.69, 9.17) is 10.5 Å². The molecule has 2 N–H and O–H groups in total. The van der Waals surface area contributed by atoms with Gasteiger partial charge in [0, 0.05) is 12.7 Å². The van der Waals surface area contributed by atoms with Crippen LogP contribution in [0, 0.1) is 0 Å². The molecular weight excluding hydrogens is 228 g/mol. The van der Waals surface area contributed by atoms with E-state index in [0.29, 0.717) is 12.6 Å². The molecule has 3 rings (SSSR count). The van der Waals surface area contributed by atoms with Gasteiger partial charge < -0.3 is 10.5 Å². The largest absolute Gasteiger partial charge is 0.370 e. The second-order valence-electron chi connectivity index (χ2n) is 5.66. The molecule has 1 aliphatic carbocycles. The molecule has 1 saturated carbocycles. The lowest BCUT2D eigenvalue weighted by Crippen LogP contribution is -2.32. The summed E-state index contributed by atoms with van der Waals surface area (Å²) < 4.78 is 8.19. The van der Waals surface area contributed by atoms with Gasteiger partial charge in [-0.05, 0) is 25.7 Å². The number of hydrogen-bond acceptors (Lipinski definition) is 4. The second-order valence-corrected chi connectivity index (χ2v) is 5.66. The molecule has 1 spiro atoms. The first kappa shape index (κ1) is 12.1. The van der Waals surface area contributed by atoms with Gasteiger partial charge in [0.15, 0.2) is 0 Å². The zero-order chi connectivity index (χ0) is 12.4. The predicted molar refractivity (Wildman–Crippen MR) is 67.8 cm³/mol. The van der Waals surface area contributed by atoms with E-state index in [-0.39, 0.29) is 5.60 Å². The van der Waals surface area contributed by atoms with Crippen LogP contribution in [-0.4, -0.2) is 26.7 Å². The van der Waals surface area contributed by atoms with E-state index in [2.05, 4.69) is 10.3 Å². The van der Waals surface area contributed by atoms with Gasteiger partial charge in [-0.3, -0.25) is 0 Å². The Kier molecular flexibility index (Phi) is 3.35. The lowest BCUT2D eigenvalue weighted by atomic mass is 9.83. The highest BCUT2D eigenvalue weighted by Crippen LogP contribution is 2.42. The molecule has 0 bridgehead atoms. The molecule has 1 atom stereocenters.